The monoisotopic (exact) mass is 473 g/mol. The average Bonchev–Trinajstić information content (AvgIpc) is 3.24. The van der Waals surface area contributed by atoms with E-state index < -0.39 is 17.6 Å². The highest BCUT2D eigenvalue weighted by molar-refractivity contribution is 7.16. The van der Waals surface area contributed by atoms with Crippen LogP contribution in [0.5, 0.6) is 0 Å². The van der Waals surface area contributed by atoms with Crippen LogP contribution in [0.4, 0.5) is 24.1 Å². The molecule has 2 aromatic heterocycles. The number of hydrogen-bond donors (Lipinski definition) is 3. The second-order valence-corrected chi connectivity index (χ2v) is 7.75. The minimum Gasteiger partial charge on any atom is -0.358 e. The van der Waals surface area contributed by atoms with E-state index in [0.717, 1.165) is 18.3 Å². The van der Waals surface area contributed by atoms with Crippen molar-refractivity contribution >= 4 is 34.1 Å². The molecule has 0 saturated heterocycles. The molecule has 0 fully saturated rings. The molecule has 11 heteroatoms. The van der Waals surface area contributed by atoms with Crippen LogP contribution in [0.25, 0.3) is 0 Å². The van der Waals surface area contributed by atoms with E-state index in [1.807, 2.05) is 0 Å². The topological polar surface area (TPSA) is 96.0 Å². The number of thiazole rings is 1. The Balaban J connectivity index is 1.74. The molecule has 0 radical (unpaired) electrons. The number of likely N-dealkylation sites (N-methyl/N-ethyl adjacent to an activating group) is 1. The van der Waals surface area contributed by atoms with Crippen molar-refractivity contribution in [1.29, 1.82) is 0 Å². The van der Waals surface area contributed by atoms with Crippen molar-refractivity contribution in [3.8, 4) is 11.8 Å². The summed E-state index contributed by atoms with van der Waals surface area (Å²) in [5, 5.41) is 8.31. The van der Waals surface area contributed by atoms with Crippen LogP contribution in [0.3, 0.4) is 0 Å². The number of alkyl halides is 3. The second-order valence-electron chi connectivity index (χ2n) is 6.72. The zero-order valence-corrected chi connectivity index (χ0v) is 18.3. The molecular weight excluding hydrogens is 455 g/mol. The molecule has 3 aromatic rings. The second kappa shape index (κ2) is 10.1. The van der Waals surface area contributed by atoms with E-state index in [1.165, 1.54) is 18.4 Å². The Hall–Kier alpha value is -3.91. The van der Waals surface area contributed by atoms with E-state index in [0.29, 0.717) is 21.1 Å². The molecule has 2 heterocycles. The van der Waals surface area contributed by atoms with Gasteiger partial charge in [0.1, 0.15) is 5.82 Å². The van der Waals surface area contributed by atoms with Crippen LogP contribution in [0, 0.1) is 18.8 Å². The van der Waals surface area contributed by atoms with Crippen molar-refractivity contribution in [3.05, 3.63) is 69.9 Å². The predicted octanol–water partition coefficient (Wildman–Crippen LogP) is 3.68. The first-order valence-electron chi connectivity index (χ1n) is 9.53. The van der Waals surface area contributed by atoms with E-state index in [1.54, 1.807) is 31.3 Å². The Bertz CT molecular complexity index is 1240. The van der Waals surface area contributed by atoms with Crippen LogP contribution in [0.1, 0.15) is 31.9 Å². The summed E-state index contributed by atoms with van der Waals surface area (Å²) >= 11 is 1.27. The normalized spacial score (nSPS) is 10.7. The standard InChI is InChI=1S/C22H18F3N5O2S/c1-13-3-4-14(5-6-16-11-28-21(33-16)29-12-19(31)26-2)9-17(13)20(32)30-18-10-15(7-8-27-18)22(23,24)25/h3-4,7-11H,12H2,1-2H3,(H,26,31)(H,28,29)(H,27,30,32). The Labute approximate surface area is 191 Å². The summed E-state index contributed by atoms with van der Waals surface area (Å²) in [7, 11) is 1.54. The molecule has 0 spiro atoms. The van der Waals surface area contributed by atoms with Gasteiger partial charge in [-0.2, -0.15) is 13.2 Å². The highest BCUT2D eigenvalue weighted by Crippen LogP contribution is 2.30. The molecule has 170 valence electrons. The average molecular weight is 473 g/mol. The molecule has 0 bridgehead atoms. The third kappa shape index (κ3) is 6.54. The number of halogens is 3. The van der Waals surface area contributed by atoms with Gasteiger partial charge in [-0.1, -0.05) is 23.3 Å². The van der Waals surface area contributed by atoms with E-state index in [4.69, 9.17) is 0 Å². The molecule has 0 aliphatic rings. The van der Waals surface area contributed by atoms with Crippen molar-refractivity contribution in [2.75, 3.05) is 24.2 Å². The number of pyridine rings is 1. The lowest BCUT2D eigenvalue weighted by Crippen LogP contribution is -2.26. The zero-order valence-electron chi connectivity index (χ0n) is 17.5. The Morgan fingerprint density at radius 1 is 1.12 bits per heavy atom. The van der Waals surface area contributed by atoms with Crippen LogP contribution in [0.15, 0.2) is 42.7 Å². The van der Waals surface area contributed by atoms with Gasteiger partial charge < -0.3 is 16.0 Å². The summed E-state index contributed by atoms with van der Waals surface area (Å²) in [6, 6.07) is 6.58. The summed E-state index contributed by atoms with van der Waals surface area (Å²) in [6.07, 6.45) is -1.99. The Morgan fingerprint density at radius 2 is 1.91 bits per heavy atom. The number of aromatic nitrogens is 2. The molecule has 0 aliphatic heterocycles. The summed E-state index contributed by atoms with van der Waals surface area (Å²) < 4.78 is 38.7. The number of carbonyl (C=O) groups excluding carboxylic acids is 2. The third-order valence-corrected chi connectivity index (χ3v) is 5.20. The van der Waals surface area contributed by atoms with Crippen LogP contribution >= 0.6 is 11.3 Å². The molecule has 33 heavy (non-hydrogen) atoms. The molecule has 0 saturated carbocycles. The maximum Gasteiger partial charge on any atom is 0.416 e. The number of carbonyl (C=O) groups is 2. The lowest BCUT2D eigenvalue weighted by Gasteiger charge is -2.10. The zero-order chi connectivity index (χ0) is 24.0. The van der Waals surface area contributed by atoms with Crippen molar-refractivity contribution in [2.45, 2.75) is 13.1 Å². The van der Waals surface area contributed by atoms with Gasteiger partial charge in [0.25, 0.3) is 5.91 Å². The van der Waals surface area contributed by atoms with Crippen LogP contribution in [-0.4, -0.2) is 35.4 Å². The number of benzene rings is 1. The minimum atomic E-state index is -4.54. The SMILES string of the molecule is CNC(=O)CNc1ncc(C#Cc2ccc(C)c(C(=O)Nc3cc(C(F)(F)F)ccn3)c2)s1. The van der Waals surface area contributed by atoms with Crippen molar-refractivity contribution in [2.24, 2.45) is 0 Å². The number of nitrogens with zero attached hydrogens (tertiary/aromatic N) is 2. The van der Waals surface area contributed by atoms with Crippen molar-refractivity contribution < 1.29 is 22.8 Å². The van der Waals surface area contributed by atoms with Gasteiger partial charge in [0.05, 0.1) is 23.2 Å². The predicted molar refractivity (Wildman–Crippen MR) is 119 cm³/mol. The lowest BCUT2D eigenvalue weighted by molar-refractivity contribution is -0.137. The summed E-state index contributed by atoms with van der Waals surface area (Å²) in [4.78, 5) is 32.5. The van der Waals surface area contributed by atoms with Gasteiger partial charge in [-0.05, 0) is 42.7 Å². The molecule has 1 aromatic carbocycles. The van der Waals surface area contributed by atoms with Gasteiger partial charge in [0.15, 0.2) is 5.13 Å². The first kappa shape index (κ1) is 23.7. The number of amides is 2. The van der Waals surface area contributed by atoms with Gasteiger partial charge >= 0.3 is 6.18 Å². The summed E-state index contributed by atoms with van der Waals surface area (Å²) in [5.74, 6) is 4.90. The van der Waals surface area contributed by atoms with Crippen LogP contribution in [-0.2, 0) is 11.0 Å². The minimum absolute atomic E-state index is 0.0913. The fraction of sp³-hybridized carbons (Fsp3) is 0.182. The highest BCUT2D eigenvalue weighted by Gasteiger charge is 2.30. The fourth-order valence-electron chi connectivity index (χ4n) is 2.59. The van der Waals surface area contributed by atoms with E-state index in [2.05, 4.69) is 37.8 Å². The smallest absolute Gasteiger partial charge is 0.358 e. The van der Waals surface area contributed by atoms with Gasteiger partial charge in [-0.15, -0.1) is 0 Å². The highest BCUT2D eigenvalue weighted by atomic mass is 32.1. The number of nitrogens with one attached hydrogen (secondary N) is 3. The first-order chi connectivity index (χ1) is 15.7. The maximum atomic E-state index is 12.9. The molecule has 7 nitrogen and oxygen atoms in total. The molecule has 3 rings (SSSR count). The molecule has 3 N–H and O–H groups in total. The van der Waals surface area contributed by atoms with Crippen molar-refractivity contribution in [3.63, 3.8) is 0 Å². The summed E-state index contributed by atoms with van der Waals surface area (Å²) in [5.41, 5.74) is 0.524. The van der Waals surface area contributed by atoms with E-state index >= 15 is 0 Å². The lowest BCUT2D eigenvalue weighted by atomic mass is 10.0. The number of anilines is 2. The molecule has 0 atom stereocenters. The summed E-state index contributed by atoms with van der Waals surface area (Å²) in [6.45, 7) is 1.80. The van der Waals surface area contributed by atoms with Crippen LogP contribution < -0.4 is 16.0 Å². The molecule has 0 unspecified atom stereocenters. The van der Waals surface area contributed by atoms with Gasteiger partial charge in [-0.3, -0.25) is 9.59 Å². The Morgan fingerprint density at radius 3 is 2.64 bits per heavy atom. The van der Waals surface area contributed by atoms with Gasteiger partial charge in [0, 0.05) is 24.4 Å². The molecule has 0 aliphatic carbocycles. The van der Waals surface area contributed by atoms with E-state index in [-0.39, 0.29) is 23.8 Å². The maximum absolute atomic E-state index is 12.9. The van der Waals surface area contributed by atoms with E-state index in [9.17, 15) is 22.8 Å². The number of hydrogen-bond acceptors (Lipinski definition) is 6. The Kier molecular flexibility index (Phi) is 7.30. The number of aryl methyl sites for hydroxylation is 1. The largest absolute Gasteiger partial charge is 0.416 e. The van der Waals surface area contributed by atoms with Crippen LogP contribution in [0.2, 0.25) is 0 Å². The fourth-order valence-corrected chi connectivity index (χ4v) is 3.26. The molecular formula is C22H18F3N5O2S. The number of rotatable bonds is 5. The van der Waals surface area contributed by atoms with Gasteiger partial charge in [0.2, 0.25) is 5.91 Å². The van der Waals surface area contributed by atoms with Gasteiger partial charge in [-0.25, -0.2) is 9.97 Å². The quantitative estimate of drug-likeness (QED) is 0.492. The van der Waals surface area contributed by atoms with Crippen molar-refractivity contribution in [1.82, 2.24) is 15.3 Å². The third-order valence-electron chi connectivity index (χ3n) is 4.33. The molecule has 2 amide bonds. The first-order valence-corrected chi connectivity index (χ1v) is 10.3.